The predicted octanol–water partition coefficient (Wildman–Crippen LogP) is 2.14. The predicted molar refractivity (Wildman–Crippen MR) is 66.1 cm³/mol. The maximum Gasteiger partial charge on any atom is 0.354 e. The molecule has 2 aliphatic carbocycles. The van der Waals surface area contributed by atoms with Gasteiger partial charge in [0.15, 0.2) is 5.69 Å². The SMILES string of the molecule is O=C(O)c1ccc(NC2CC2)c(OCC2CC2)n1. The van der Waals surface area contributed by atoms with Crippen molar-refractivity contribution >= 4 is 11.7 Å². The Morgan fingerprint density at radius 3 is 2.78 bits per heavy atom. The zero-order valence-corrected chi connectivity index (χ0v) is 10.1. The molecule has 0 unspecified atom stereocenters. The molecular weight excluding hydrogens is 232 g/mol. The average Bonchev–Trinajstić information content (AvgIpc) is 3.22. The normalized spacial score (nSPS) is 18.4. The van der Waals surface area contributed by atoms with Crippen LogP contribution in [0.2, 0.25) is 0 Å². The summed E-state index contributed by atoms with van der Waals surface area (Å²) in [6.07, 6.45) is 4.71. The molecule has 96 valence electrons. The van der Waals surface area contributed by atoms with Crippen LogP contribution in [0.15, 0.2) is 12.1 Å². The van der Waals surface area contributed by atoms with Crippen LogP contribution >= 0.6 is 0 Å². The minimum Gasteiger partial charge on any atom is -0.477 e. The van der Waals surface area contributed by atoms with Gasteiger partial charge >= 0.3 is 5.97 Å². The summed E-state index contributed by atoms with van der Waals surface area (Å²) in [6.45, 7) is 0.634. The first-order chi connectivity index (χ1) is 8.72. The lowest BCUT2D eigenvalue weighted by Crippen LogP contribution is -2.10. The molecule has 2 aliphatic rings. The molecule has 3 rings (SSSR count). The molecule has 0 spiro atoms. The number of hydrogen-bond acceptors (Lipinski definition) is 4. The lowest BCUT2D eigenvalue weighted by Gasteiger charge is -2.12. The van der Waals surface area contributed by atoms with Crippen molar-refractivity contribution < 1.29 is 14.6 Å². The first kappa shape index (κ1) is 11.3. The molecule has 0 amide bonds. The van der Waals surface area contributed by atoms with Crippen molar-refractivity contribution in [2.75, 3.05) is 11.9 Å². The Bertz CT molecular complexity index is 467. The monoisotopic (exact) mass is 248 g/mol. The van der Waals surface area contributed by atoms with Gasteiger partial charge in [0, 0.05) is 6.04 Å². The van der Waals surface area contributed by atoms with Crippen molar-refractivity contribution in [2.24, 2.45) is 5.92 Å². The summed E-state index contributed by atoms with van der Waals surface area (Å²) in [4.78, 5) is 15.0. The standard InChI is InChI=1S/C13H16N2O3/c16-13(17)11-6-5-10(14-9-3-4-9)12(15-11)18-7-8-1-2-8/h5-6,8-9,14H,1-4,7H2,(H,16,17). The smallest absolute Gasteiger partial charge is 0.354 e. The Morgan fingerprint density at radius 2 is 2.17 bits per heavy atom. The van der Waals surface area contributed by atoms with Crippen LogP contribution in [0.1, 0.15) is 36.2 Å². The number of aromatic nitrogens is 1. The van der Waals surface area contributed by atoms with E-state index in [0.717, 1.165) is 18.5 Å². The van der Waals surface area contributed by atoms with Gasteiger partial charge in [0.05, 0.1) is 12.3 Å². The summed E-state index contributed by atoms with van der Waals surface area (Å²) in [7, 11) is 0. The van der Waals surface area contributed by atoms with Gasteiger partial charge in [-0.3, -0.25) is 0 Å². The maximum absolute atomic E-state index is 10.9. The third kappa shape index (κ3) is 2.72. The van der Waals surface area contributed by atoms with Gasteiger partial charge in [0.25, 0.3) is 0 Å². The fourth-order valence-electron chi connectivity index (χ4n) is 1.71. The zero-order valence-electron chi connectivity index (χ0n) is 10.1. The second-order valence-electron chi connectivity index (χ2n) is 5.03. The number of carboxylic acid groups (broad SMARTS) is 1. The van der Waals surface area contributed by atoms with E-state index >= 15 is 0 Å². The average molecular weight is 248 g/mol. The van der Waals surface area contributed by atoms with E-state index in [2.05, 4.69) is 10.3 Å². The summed E-state index contributed by atoms with van der Waals surface area (Å²) >= 11 is 0. The summed E-state index contributed by atoms with van der Waals surface area (Å²) in [5, 5.41) is 12.3. The molecule has 0 aromatic carbocycles. The van der Waals surface area contributed by atoms with E-state index in [1.165, 1.54) is 18.9 Å². The highest BCUT2D eigenvalue weighted by Crippen LogP contribution is 2.33. The number of anilines is 1. The van der Waals surface area contributed by atoms with Crippen LogP contribution in [0.4, 0.5) is 5.69 Å². The topological polar surface area (TPSA) is 71.5 Å². The summed E-state index contributed by atoms with van der Waals surface area (Å²) in [5.74, 6) is 0.0204. The molecule has 0 radical (unpaired) electrons. The Balaban J connectivity index is 1.77. The Morgan fingerprint density at radius 1 is 1.39 bits per heavy atom. The van der Waals surface area contributed by atoms with Gasteiger partial charge in [0.2, 0.25) is 5.88 Å². The van der Waals surface area contributed by atoms with E-state index in [1.54, 1.807) is 6.07 Å². The molecule has 0 bridgehead atoms. The number of carbonyl (C=O) groups is 1. The lowest BCUT2D eigenvalue weighted by molar-refractivity contribution is 0.0689. The van der Waals surface area contributed by atoms with Crippen LogP contribution in [0.25, 0.3) is 0 Å². The zero-order chi connectivity index (χ0) is 12.5. The van der Waals surface area contributed by atoms with Crippen LogP contribution in [0.3, 0.4) is 0 Å². The largest absolute Gasteiger partial charge is 0.477 e. The van der Waals surface area contributed by atoms with Gasteiger partial charge in [-0.1, -0.05) is 0 Å². The second kappa shape index (κ2) is 4.48. The Kier molecular flexibility index (Phi) is 2.81. The minimum absolute atomic E-state index is 0.0298. The highest BCUT2D eigenvalue weighted by Gasteiger charge is 2.25. The van der Waals surface area contributed by atoms with E-state index in [-0.39, 0.29) is 5.69 Å². The number of aromatic carboxylic acids is 1. The molecule has 2 fully saturated rings. The fourth-order valence-corrected chi connectivity index (χ4v) is 1.71. The fraction of sp³-hybridized carbons (Fsp3) is 0.538. The molecule has 0 aliphatic heterocycles. The lowest BCUT2D eigenvalue weighted by atomic mass is 10.3. The second-order valence-corrected chi connectivity index (χ2v) is 5.03. The van der Waals surface area contributed by atoms with Crippen molar-refractivity contribution in [3.8, 4) is 5.88 Å². The first-order valence-corrected chi connectivity index (χ1v) is 6.36. The number of ether oxygens (including phenoxy) is 1. The van der Waals surface area contributed by atoms with Gasteiger partial charge in [0.1, 0.15) is 0 Å². The molecule has 0 saturated heterocycles. The summed E-state index contributed by atoms with van der Waals surface area (Å²) in [5.41, 5.74) is 0.838. The van der Waals surface area contributed by atoms with Crippen molar-refractivity contribution in [1.82, 2.24) is 4.98 Å². The number of nitrogens with one attached hydrogen (secondary N) is 1. The first-order valence-electron chi connectivity index (χ1n) is 6.36. The van der Waals surface area contributed by atoms with Gasteiger partial charge < -0.3 is 15.2 Å². The molecule has 18 heavy (non-hydrogen) atoms. The van der Waals surface area contributed by atoms with E-state index in [1.807, 2.05) is 0 Å². The van der Waals surface area contributed by atoms with Gasteiger partial charge in [-0.2, -0.15) is 0 Å². The Hall–Kier alpha value is -1.78. The molecule has 1 aromatic rings. The van der Waals surface area contributed by atoms with Crippen LogP contribution in [0, 0.1) is 5.92 Å². The highest BCUT2D eigenvalue weighted by atomic mass is 16.5. The van der Waals surface area contributed by atoms with Gasteiger partial charge in [-0.25, -0.2) is 9.78 Å². The van der Waals surface area contributed by atoms with E-state index < -0.39 is 5.97 Å². The highest BCUT2D eigenvalue weighted by molar-refractivity contribution is 5.86. The number of carboxylic acids is 1. The minimum atomic E-state index is -1.02. The van der Waals surface area contributed by atoms with Crippen LogP contribution in [-0.2, 0) is 0 Å². The van der Waals surface area contributed by atoms with Crippen molar-refractivity contribution in [3.63, 3.8) is 0 Å². The number of rotatable bonds is 6. The van der Waals surface area contributed by atoms with Crippen LogP contribution in [-0.4, -0.2) is 28.7 Å². The van der Waals surface area contributed by atoms with Crippen LogP contribution in [0.5, 0.6) is 5.88 Å². The molecule has 5 heteroatoms. The van der Waals surface area contributed by atoms with E-state index in [4.69, 9.17) is 9.84 Å². The van der Waals surface area contributed by atoms with E-state index in [0.29, 0.717) is 24.4 Å². The molecule has 5 nitrogen and oxygen atoms in total. The molecular formula is C13H16N2O3. The number of pyridine rings is 1. The van der Waals surface area contributed by atoms with Crippen LogP contribution < -0.4 is 10.1 Å². The molecule has 1 heterocycles. The quantitative estimate of drug-likeness (QED) is 0.807. The number of hydrogen-bond donors (Lipinski definition) is 2. The maximum atomic E-state index is 10.9. The molecule has 2 N–H and O–H groups in total. The van der Waals surface area contributed by atoms with Gasteiger partial charge in [-0.05, 0) is 43.7 Å². The molecule has 0 atom stereocenters. The molecule has 2 saturated carbocycles. The third-order valence-corrected chi connectivity index (χ3v) is 3.17. The van der Waals surface area contributed by atoms with Crippen molar-refractivity contribution in [3.05, 3.63) is 17.8 Å². The third-order valence-electron chi connectivity index (χ3n) is 3.17. The summed E-state index contributed by atoms with van der Waals surface area (Å²) < 4.78 is 5.64. The Labute approximate surface area is 105 Å². The molecule has 1 aromatic heterocycles. The summed E-state index contributed by atoms with van der Waals surface area (Å²) in [6, 6.07) is 3.75. The van der Waals surface area contributed by atoms with E-state index in [9.17, 15) is 4.79 Å². The number of nitrogens with zero attached hydrogens (tertiary/aromatic N) is 1. The van der Waals surface area contributed by atoms with Crippen molar-refractivity contribution in [1.29, 1.82) is 0 Å². The van der Waals surface area contributed by atoms with Gasteiger partial charge in [-0.15, -0.1) is 0 Å². The van der Waals surface area contributed by atoms with Crippen molar-refractivity contribution in [2.45, 2.75) is 31.7 Å².